The molecule has 0 atom stereocenters. The second-order valence-electron chi connectivity index (χ2n) is 6.47. The Hall–Kier alpha value is -4.33. The number of carbonyl (C=O) groups excluding carboxylic acids is 2. The van der Waals surface area contributed by atoms with Crippen LogP contribution in [0.15, 0.2) is 76.3 Å². The minimum absolute atomic E-state index is 0.0380. The van der Waals surface area contributed by atoms with Crippen molar-refractivity contribution in [2.75, 3.05) is 0 Å². The second-order valence-corrected chi connectivity index (χ2v) is 6.47. The minimum Gasteiger partial charge on any atom is -0.456 e. The van der Waals surface area contributed by atoms with Crippen molar-refractivity contribution in [2.45, 2.75) is 6.92 Å². The molecular formula is C22H14N2O6. The standard InChI is InChI=1S/C22H14N2O6/c1-13(25)30-23-21(14-5-3-2-4-6-14)22(26)15-7-9-19-17(11-15)18-12-16(24(27)28)8-10-20(18)29-19/h2-12H,1H3. The highest BCUT2D eigenvalue weighted by Crippen LogP contribution is 2.32. The zero-order chi connectivity index (χ0) is 21.3. The monoisotopic (exact) mass is 402 g/mol. The largest absolute Gasteiger partial charge is 0.456 e. The molecule has 0 unspecified atom stereocenters. The van der Waals surface area contributed by atoms with Gasteiger partial charge in [-0.2, -0.15) is 0 Å². The topological polar surface area (TPSA) is 112 Å². The van der Waals surface area contributed by atoms with Crippen molar-refractivity contribution in [2.24, 2.45) is 5.16 Å². The summed E-state index contributed by atoms with van der Waals surface area (Å²) in [5.74, 6) is -1.12. The van der Waals surface area contributed by atoms with Gasteiger partial charge in [0.2, 0.25) is 5.78 Å². The summed E-state index contributed by atoms with van der Waals surface area (Å²) in [5.41, 5.74) is 1.59. The highest BCUT2D eigenvalue weighted by Gasteiger charge is 2.20. The first-order chi connectivity index (χ1) is 14.4. The highest BCUT2D eigenvalue weighted by molar-refractivity contribution is 6.51. The lowest BCUT2D eigenvalue weighted by atomic mass is 9.99. The van der Waals surface area contributed by atoms with Crippen LogP contribution in [0.4, 0.5) is 5.69 Å². The number of fused-ring (bicyclic) bond motifs is 3. The average molecular weight is 402 g/mol. The second kappa shape index (κ2) is 7.59. The number of nitrogens with zero attached hydrogens (tertiary/aromatic N) is 2. The summed E-state index contributed by atoms with van der Waals surface area (Å²) in [4.78, 5) is 39.7. The molecular weight excluding hydrogens is 388 g/mol. The number of hydrogen-bond acceptors (Lipinski definition) is 7. The SMILES string of the molecule is CC(=O)ON=C(C(=O)c1ccc2oc3ccc([N+](=O)[O-])cc3c2c1)c1ccccc1. The van der Waals surface area contributed by atoms with Gasteiger partial charge in [0, 0.05) is 41.0 Å². The lowest BCUT2D eigenvalue weighted by Gasteiger charge is -2.05. The van der Waals surface area contributed by atoms with E-state index in [1.54, 1.807) is 48.5 Å². The van der Waals surface area contributed by atoms with Gasteiger partial charge < -0.3 is 9.25 Å². The van der Waals surface area contributed by atoms with Crippen LogP contribution in [0.25, 0.3) is 21.9 Å². The summed E-state index contributed by atoms with van der Waals surface area (Å²) in [6.07, 6.45) is 0. The Balaban J connectivity index is 1.84. The molecule has 0 saturated carbocycles. The van der Waals surface area contributed by atoms with Crippen molar-refractivity contribution < 1.29 is 23.8 Å². The molecule has 8 nitrogen and oxygen atoms in total. The molecule has 0 amide bonds. The predicted molar refractivity (Wildman–Crippen MR) is 109 cm³/mol. The summed E-state index contributed by atoms with van der Waals surface area (Å²) in [7, 11) is 0. The molecule has 0 aliphatic heterocycles. The van der Waals surface area contributed by atoms with E-state index >= 15 is 0 Å². The maximum atomic E-state index is 13.2. The van der Waals surface area contributed by atoms with Crippen LogP contribution in [0.5, 0.6) is 0 Å². The van der Waals surface area contributed by atoms with Crippen LogP contribution in [0.3, 0.4) is 0 Å². The molecule has 8 heteroatoms. The molecule has 0 saturated heterocycles. The van der Waals surface area contributed by atoms with Crippen LogP contribution in [-0.2, 0) is 9.63 Å². The molecule has 0 aliphatic rings. The number of ketones is 1. The molecule has 148 valence electrons. The van der Waals surface area contributed by atoms with Crippen molar-refractivity contribution >= 4 is 45.1 Å². The van der Waals surface area contributed by atoms with Gasteiger partial charge in [-0.1, -0.05) is 35.5 Å². The number of Topliss-reactive ketones (excluding diaryl/α,β-unsaturated/α-hetero) is 1. The van der Waals surface area contributed by atoms with Gasteiger partial charge in [-0.15, -0.1) is 0 Å². The van der Waals surface area contributed by atoms with E-state index in [0.717, 1.165) is 0 Å². The van der Waals surface area contributed by atoms with Crippen LogP contribution < -0.4 is 0 Å². The third-order valence-corrected chi connectivity index (χ3v) is 4.45. The van der Waals surface area contributed by atoms with Gasteiger partial charge >= 0.3 is 5.97 Å². The van der Waals surface area contributed by atoms with Gasteiger partial charge in [0.15, 0.2) is 5.71 Å². The number of benzene rings is 3. The van der Waals surface area contributed by atoms with E-state index < -0.39 is 16.7 Å². The molecule has 0 radical (unpaired) electrons. The third-order valence-electron chi connectivity index (χ3n) is 4.45. The van der Waals surface area contributed by atoms with Crippen LogP contribution in [0.1, 0.15) is 22.8 Å². The number of non-ortho nitro benzene ring substituents is 1. The van der Waals surface area contributed by atoms with E-state index in [4.69, 9.17) is 9.25 Å². The van der Waals surface area contributed by atoms with Crippen LogP contribution in [0.2, 0.25) is 0 Å². The molecule has 30 heavy (non-hydrogen) atoms. The lowest BCUT2D eigenvalue weighted by Crippen LogP contribution is -2.17. The maximum absolute atomic E-state index is 13.2. The van der Waals surface area contributed by atoms with Gasteiger partial charge in [-0.3, -0.25) is 14.9 Å². The molecule has 3 aromatic carbocycles. The van der Waals surface area contributed by atoms with Crippen molar-refractivity contribution in [1.29, 1.82) is 0 Å². The number of carbonyl (C=O) groups is 2. The first-order valence-corrected chi connectivity index (χ1v) is 8.90. The quantitative estimate of drug-likeness (QED) is 0.158. The normalized spacial score (nSPS) is 11.6. The highest BCUT2D eigenvalue weighted by atomic mass is 16.7. The van der Waals surface area contributed by atoms with E-state index in [0.29, 0.717) is 27.5 Å². The average Bonchev–Trinajstić information content (AvgIpc) is 3.11. The smallest absolute Gasteiger partial charge is 0.332 e. The van der Waals surface area contributed by atoms with Crippen molar-refractivity contribution in [3.63, 3.8) is 0 Å². The molecule has 4 rings (SSSR count). The van der Waals surface area contributed by atoms with Gasteiger partial charge in [-0.05, 0) is 24.3 Å². The van der Waals surface area contributed by atoms with E-state index in [9.17, 15) is 19.7 Å². The van der Waals surface area contributed by atoms with Gasteiger partial charge in [0.05, 0.1) is 4.92 Å². The Morgan fingerprint density at radius 3 is 2.27 bits per heavy atom. The Morgan fingerprint density at radius 2 is 1.60 bits per heavy atom. The Morgan fingerprint density at radius 1 is 0.933 bits per heavy atom. The number of hydrogen-bond donors (Lipinski definition) is 0. The molecule has 0 bridgehead atoms. The van der Waals surface area contributed by atoms with E-state index in [2.05, 4.69) is 5.16 Å². The Bertz CT molecular complexity index is 1340. The van der Waals surface area contributed by atoms with Crippen LogP contribution in [-0.4, -0.2) is 22.4 Å². The third kappa shape index (κ3) is 3.53. The number of nitro groups is 1. The van der Waals surface area contributed by atoms with Gasteiger partial charge in [-0.25, -0.2) is 4.79 Å². The zero-order valence-corrected chi connectivity index (χ0v) is 15.7. The molecule has 1 heterocycles. The molecule has 0 spiro atoms. The zero-order valence-electron chi connectivity index (χ0n) is 15.7. The van der Waals surface area contributed by atoms with Gasteiger partial charge in [0.25, 0.3) is 5.69 Å². The summed E-state index contributed by atoms with van der Waals surface area (Å²) in [5, 5.41) is 15.9. The molecule has 0 N–H and O–H groups in total. The molecule has 1 aromatic heterocycles. The van der Waals surface area contributed by atoms with Crippen molar-refractivity contribution in [1.82, 2.24) is 0 Å². The van der Waals surface area contributed by atoms with Crippen LogP contribution in [0, 0.1) is 10.1 Å². The first-order valence-electron chi connectivity index (χ1n) is 8.90. The number of rotatable bonds is 5. The molecule has 4 aromatic rings. The van der Waals surface area contributed by atoms with Crippen LogP contribution >= 0.6 is 0 Å². The fraction of sp³-hybridized carbons (Fsp3) is 0.0455. The fourth-order valence-corrected chi connectivity index (χ4v) is 3.09. The predicted octanol–water partition coefficient (Wildman–Crippen LogP) is 4.64. The van der Waals surface area contributed by atoms with E-state index in [1.165, 1.54) is 25.1 Å². The summed E-state index contributed by atoms with van der Waals surface area (Å²) in [6, 6.07) is 17.6. The number of nitro benzene ring substituents is 1. The molecule has 0 aliphatic carbocycles. The Labute approximate surface area is 169 Å². The maximum Gasteiger partial charge on any atom is 0.332 e. The number of furan rings is 1. The minimum atomic E-state index is -0.653. The van der Waals surface area contributed by atoms with E-state index in [1.807, 2.05) is 0 Å². The lowest BCUT2D eigenvalue weighted by molar-refractivity contribution is -0.384. The number of oxime groups is 1. The van der Waals surface area contributed by atoms with Crippen molar-refractivity contribution in [3.8, 4) is 0 Å². The van der Waals surface area contributed by atoms with Gasteiger partial charge in [0.1, 0.15) is 11.2 Å². The fourth-order valence-electron chi connectivity index (χ4n) is 3.09. The summed E-state index contributed by atoms with van der Waals surface area (Å²) >= 11 is 0. The molecule has 0 fully saturated rings. The van der Waals surface area contributed by atoms with E-state index in [-0.39, 0.29) is 17.0 Å². The first kappa shape index (κ1) is 19.0. The Kier molecular flexibility index (Phi) is 4.81. The van der Waals surface area contributed by atoms with Crippen molar-refractivity contribution in [3.05, 3.63) is 88.0 Å². The summed E-state index contributed by atoms with van der Waals surface area (Å²) < 4.78 is 5.71. The summed E-state index contributed by atoms with van der Waals surface area (Å²) in [6.45, 7) is 1.19.